The number of aliphatic hydroxyl groups is 1. The minimum Gasteiger partial charge on any atom is -0.493 e. The monoisotopic (exact) mass is 406 g/mol. The molecular formula is C21H30N2O6. The van der Waals surface area contributed by atoms with Crippen molar-refractivity contribution >= 4 is 17.9 Å². The average Bonchev–Trinajstić information content (AvgIpc) is 2.74. The van der Waals surface area contributed by atoms with Crippen LogP contribution in [0, 0.1) is 10.1 Å². The van der Waals surface area contributed by atoms with E-state index in [2.05, 4.69) is 0 Å². The molecule has 0 heterocycles. The summed E-state index contributed by atoms with van der Waals surface area (Å²) >= 11 is 0. The van der Waals surface area contributed by atoms with Gasteiger partial charge in [-0.2, -0.15) is 0 Å². The first-order chi connectivity index (χ1) is 14.1. The predicted molar refractivity (Wildman–Crippen MR) is 108 cm³/mol. The number of benzene rings is 1. The summed E-state index contributed by atoms with van der Waals surface area (Å²) in [6.07, 6.45) is 8.21. The first-order valence-electron chi connectivity index (χ1n) is 10.3. The van der Waals surface area contributed by atoms with Gasteiger partial charge in [-0.25, -0.2) is 0 Å². The van der Waals surface area contributed by atoms with Gasteiger partial charge in [0.1, 0.15) is 11.3 Å². The van der Waals surface area contributed by atoms with Crippen molar-refractivity contribution in [2.45, 2.75) is 63.8 Å². The van der Waals surface area contributed by atoms with Crippen LogP contribution in [-0.4, -0.2) is 52.9 Å². The molecule has 8 nitrogen and oxygen atoms in total. The summed E-state index contributed by atoms with van der Waals surface area (Å²) in [6, 6.07) is 4.52. The number of nitrogens with zero attached hydrogens (tertiary/aromatic N) is 2. The highest BCUT2D eigenvalue weighted by atomic mass is 16.6. The number of nitro groups is 1. The second kappa shape index (κ2) is 12.2. The summed E-state index contributed by atoms with van der Waals surface area (Å²) in [6.45, 7) is 0.983. The Labute approximate surface area is 171 Å². The van der Waals surface area contributed by atoms with Crippen molar-refractivity contribution in [3.63, 3.8) is 0 Å². The second-order valence-electron chi connectivity index (χ2n) is 7.33. The molecule has 1 saturated carbocycles. The number of carbonyl (C=O) groups excluding carboxylic acids is 2. The molecule has 1 N–H and O–H groups in total. The third kappa shape index (κ3) is 6.81. The van der Waals surface area contributed by atoms with E-state index in [1.165, 1.54) is 24.6 Å². The molecule has 2 rings (SSSR count). The topological polar surface area (TPSA) is 110 Å². The number of ether oxygens (including phenoxy) is 1. The molecule has 0 bridgehead atoms. The standard InChI is InChI=1S/C21H30N2O6/c24-14-5-4-13-22(17-8-2-1-3-9-17)21(26)12-7-15-29-20-11-6-10-19(23(27)28)18(20)16-25/h6,10-11,16-17,24H,1-5,7-9,12-15H2. The van der Waals surface area contributed by atoms with E-state index in [1.54, 1.807) is 0 Å². The summed E-state index contributed by atoms with van der Waals surface area (Å²) in [5, 5.41) is 20.0. The van der Waals surface area contributed by atoms with Gasteiger partial charge in [-0.1, -0.05) is 25.3 Å². The number of hydrogen-bond donors (Lipinski definition) is 1. The highest BCUT2D eigenvalue weighted by Crippen LogP contribution is 2.27. The molecule has 1 aromatic rings. The van der Waals surface area contributed by atoms with E-state index in [0.29, 0.717) is 32.1 Å². The van der Waals surface area contributed by atoms with Gasteiger partial charge in [0.15, 0.2) is 6.29 Å². The summed E-state index contributed by atoms with van der Waals surface area (Å²) in [5.74, 6) is 0.238. The van der Waals surface area contributed by atoms with E-state index in [-0.39, 0.29) is 42.2 Å². The zero-order valence-electron chi connectivity index (χ0n) is 16.8. The minimum absolute atomic E-state index is 0.0769. The van der Waals surface area contributed by atoms with Gasteiger partial charge in [-0.3, -0.25) is 19.7 Å². The smallest absolute Gasteiger partial charge is 0.283 e. The van der Waals surface area contributed by atoms with Crippen LogP contribution < -0.4 is 4.74 Å². The average molecular weight is 406 g/mol. The number of hydrogen-bond acceptors (Lipinski definition) is 6. The van der Waals surface area contributed by atoms with Crippen LogP contribution in [0.2, 0.25) is 0 Å². The lowest BCUT2D eigenvalue weighted by Crippen LogP contribution is -2.42. The third-order valence-electron chi connectivity index (χ3n) is 5.29. The van der Waals surface area contributed by atoms with Crippen LogP contribution in [-0.2, 0) is 4.79 Å². The molecule has 0 atom stereocenters. The van der Waals surface area contributed by atoms with Crippen LogP contribution in [0.25, 0.3) is 0 Å². The molecule has 8 heteroatoms. The van der Waals surface area contributed by atoms with Crippen molar-refractivity contribution in [3.05, 3.63) is 33.9 Å². The molecule has 0 saturated heterocycles. The van der Waals surface area contributed by atoms with Gasteiger partial charge < -0.3 is 14.7 Å². The number of nitro benzene ring substituents is 1. The molecule has 0 aliphatic heterocycles. The molecule has 1 aliphatic rings. The molecule has 29 heavy (non-hydrogen) atoms. The van der Waals surface area contributed by atoms with Crippen molar-refractivity contribution in [1.29, 1.82) is 0 Å². The van der Waals surface area contributed by atoms with E-state index < -0.39 is 4.92 Å². The van der Waals surface area contributed by atoms with Gasteiger partial charge in [0.05, 0.1) is 11.5 Å². The number of rotatable bonds is 12. The Balaban J connectivity index is 1.89. The Bertz CT molecular complexity index is 688. The van der Waals surface area contributed by atoms with Crippen LogP contribution in [0.5, 0.6) is 5.75 Å². The van der Waals surface area contributed by atoms with E-state index in [0.717, 1.165) is 32.1 Å². The summed E-state index contributed by atoms with van der Waals surface area (Å²) in [7, 11) is 0. The number of carbonyl (C=O) groups is 2. The van der Waals surface area contributed by atoms with Crippen molar-refractivity contribution in [2.24, 2.45) is 0 Å². The number of unbranched alkanes of at least 4 members (excludes halogenated alkanes) is 1. The Kier molecular flexibility index (Phi) is 9.56. The van der Waals surface area contributed by atoms with Gasteiger partial charge >= 0.3 is 0 Å². The third-order valence-corrected chi connectivity index (χ3v) is 5.29. The SMILES string of the molecule is O=Cc1c(OCCCC(=O)N(CCCCO)C2CCCCC2)cccc1[N+](=O)[O-]. The molecule has 0 unspecified atom stereocenters. The largest absolute Gasteiger partial charge is 0.493 e. The molecule has 1 fully saturated rings. The lowest BCUT2D eigenvalue weighted by atomic mass is 9.93. The van der Waals surface area contributed by atoms with Gasteiger partial charge in [-0.05, 0) is 38.2 Å². The normalized spacial score (nSPS) is 14.4. The van der Waals surface area contributed by atoms with Gasteiger partial charge in [0.2, 0.25) is 5.91 Å². The zero-order valence-corrected chi connectivity index (χ0v) is 16.8. The van der Waals surface area contributed by atoms with Crippen molar-refractivity contribution < 1.29 is 24.4 Å². The summed E-state index contributed by atoms with van der Waals surface area (Å²) in [5.41, 5.74) is -0.377. The van der Waals surface area contributed by atoms with Crippen LogP contribution in [0.15, 0.2) is 18.2 Å². The summed E-state index contributed by atoms with van der Waals surface area (Å²) < 4.78 is 5.55. The Hall–Kier alpha value is -2.48. The van der Waals surface area contributed by atoms with Crippen LogP contribution >= 0.6 is 0 Å². The predicted octanol–water partition coefficient (Wildman–Crippen LogP) is 3.50. The first-order valence-corrected chi connectivity index (χ1v) is 10.3. The van der Waals surface area contributed by atoms with E-state index >= 15 is 0 Å². The maximum absolute atomic E-state index is 12.8. The van der Waals surface area contributed by atoms with E-state index in [4.69, 9.17) is 9.84 Å². The van der Waals surface area contributed by atoms with Crippen molar-refractivity contribution in [1.82, 2.24) is 4.90 Å². The van der Waals surface area contributed by atoms with Gasteiger partial charge in [0, 0.05) is 31.7 Å². The van der Waals surface area contributed by atoms with Gasteiger partial charge in [-0.15, -0.1) is 0 Å². The molecule has 1 aliphatic carbocycles. The lowest BCUT2D eigenvalue weighted by Gasteiger charge is -2.34. The van der Waals surface area contributed by atoms with Crippen LogP contribution in [0.4, 0.5) is 5.69 Å². The fourth-order valence-corrected chi connectivity index (χ4v) is 3.78. The number of amides is 1. The fraction of sp³-hybridized carbons (Fsp3) is 0.619. The first kappa shape index (κ1) is 22.8. The van der Waals surface area contributed by atoms with Crippen LogP contribution in [0.1, 0.15) is 68.1 Å². The minimum atomic E-state index is -0.617. The fourth-order valence-electron chi connectivity index (χ4n) is 3.78. The van der Waals surface area contributed by atoms with Crippen molar-refractivity contribution in [2.75, 3.05) is 19.8 Å². The van der Waals surface area contributed by atoms with E-state index in [1.807, 2.05) is 4.90 Å². The maximum atomic E-state index is 12.8. The highest BCUT2D eigenvalue weighted by Gasteiger charge is 2.24. The number of aliphatic hydroxyl groups excluding tert-OH is 1. The zero-order chi connectivity index (χ0) is 21.1. The molecule has 0 aromatic heterocycles. The highest BCUT2D eigenvalue weighted by molar-refractivity contribution is 5.85. The lowest BCUT2D eigenvalue weighted by molar-refractivity contribution is -0.385. The molecule has 160 valence electrons. The Morgan fingerprint density at radius 2 is 2.00 bits per heavy atom. The summed E-state index contributed by atoms with van der Waals surface area (Å²) in [4.78, 5) is 36.3. The maximum Gasteiger partial charge on any atom is 0.283 e. The Morgan fingerprint density at radius 3 is 2.66 bits per heavy atom. The van der Waals surface area contributed by atoms with Crippen molar-refractivity contribution in [3.8, 4) is 5.75 Å². The van der Waals surface area contributed by atoms with Gasteiger partial charge in [0.25, 0.3) is 5.69 Å². The number of aldehydes is 1. The molecule has 1 amide bonds. The Morgan fingerprint density at radius 1 is 1.24 bits per heavy atom. The molecule has 0 radical (unpaired) electrons. The second-order valence-corrected chi connectivity index (χ2v) is 7.33. The quantitative estimate of drug-likeness (QED) is 0.246. The van der Waals surface area contributed by atoms with Crippen LogP contribution in [0.3, 0.4) is 0 Å². The van der Waals surface area contributed by atoms with E-state index in [9.17, 15) is 19.7 Å². The molecular weight excluding hydrogens is 376 g/mol. The molecule has 1 aromatic carbocycles. The molecule has 0 spiro atoms.